The van der Waals surface area contributed by atoms with Crippen molar-refractivity contribution in [1.29, 1.82) is 0 Å². The van der Waals surface area contributed by atoms with Crippen molar-refractivity contribution in [2.24, 2.45) is 0 Å². The van der Waals surface area contributed by atoms with Crippen LogP contribution in [0, 0.1) is 12.7 Å². The first kappa shape index (κ1) is 32.0. The van der Waals surface area contributed by atoms with E-state index in [1.165, 1.54) is 29.2 Å². The summed E-state index contributed by atoms with van der Waals surface area (Å²) in [5, 5.41) is 3.09. The number of hydrogen-bond donors (Lipinski definition) is 1. The first-order valence-electron chi connectivity index (χ1n) is 14.8. The Balaban J connectivity index is 1.71. The summed E-state index contributed by atoms with van der Waals surface area (Å²) in [6.07, 6.45) is 4.16. The van der Waals surface area contributed by atoms with Gasteiger partial charge in [-0.2, -0.15) is 0 Å². The number of anilines is 1. The molecule has 1 atom stereocenters. The van der Waals surface area contributed by atoms with Crippen LogP contribution in [-0.4, -0.2) is 50.4 Å². The highest BCUT2D eigenvalue weighted by Gasteiger charge is 2.34. The van der Waals surface area contributed by atoms with Crippen molar-refractivity contribution in [3.8, 4) is 5.75 Å². The lowest BCUT2D eigenvalue weighted by atomic mass is 10.1. The van der Waals surface area contributed by atoms with Crippen molar-refractivity contribution >= 4 is 27.5 Å². The van der Waals surface area contributed by atoms with Crippen LogP contribution < -0.4 is 14.4 Å². The molecule has 0 unspecified atom stereocenters. The summed E-state index contributed by atoms with van der Waals surface area (Å²) < 4.78 is 48.3. The monoisotopic (exact) mass is 609 g/mol. The number of halogens is 1. The predicted octanol–water partition coefficient (Wildman–Crippen LogP) is 5.59. The third-order valence-electron chi connectivity index (χ3n) is 7.68. The first-order chi connectivity index (χ1) is 20.6. The molecule has 0 spiro atoms. The van der Waals surface area contributed by atoms with Gasteiger partial charge in [-0.1, -0.05) is 49.6 Å². The molecule has 0 saturated heterocycles. The molecule has 2 amide bonds. The maximum Gasteiger partial charge on any atom is 0.264 e. The van der Waals surface area contributed by atoms with Crippen molar-refractivity contribution in [3.63, 3.8) is 0 Å². The van der Waals surface area contributed by atoms with Gasteiger partial charge in [0.15, 0.2) is 0 Å². The van der Waals surface area contributed by atoms with E-state index in [1.807, 2.05) is 20.8 Å². The van der Waals surface area contributed by atoms with Crippen LogP contribution in [0.1, 0.15) is 57.1 Å². The lowest BCUT2D eigenvalue weighted by Gasteiger charge is -2.33. The summed E-state index contributed by atoms with van der Waals surface area (Å²) in [7, 11) is -4.18. The van der Waals surface area contributed by atoms with Crippen LogP contribution in [0.2, 0.25) is 0 Å². The van der Waals surface area contributed by atoms with Crippen molar-refractivity contribution in [3.05, 3.63) is 89.7 Å². The van der Waals surface area contributed by atoms with Crippen molar-refractivity contribution in [1.82, 2.24) is 10.2 Å². The molecular formula is C33H40FN3O5S. The van der Waals surface area contributed by atoms with Gasteiger partial charge in [0.1, 0.15) is 24.2 Å². The molecule has 8 nitrogen and oxygen atoms in total. The molecule has 0 bridgehead atoms. The first-order valence-corrected chi connectivity index (χ1v) is 16.2. The summed E-state index contributed by atoms with van der Waals surface area (Å²) in [5.74, 6) is -0.683. The van der Waals surface area contributed by atoms with E-state index in [1.54, 1.807) is 48.5 Å². The molecule has 10 heteroatoms. The molecule has 230 valence electrons. The van der Waals surface area contributed by atoms with Crippen molar-refractivity contribution in [2.75, 3.05) is 17.5 Å². The number of ether oxygens (including phenoxy) is 1. The normalized spacial score (nSPS) is 14.2. The minimum absolute atomic E-state index is 0.0113. The zero-order valence-corrected chi connectivity index (χ0v) is 25.8. The van der Waals surface area contributed by atoms with Gasteiger partial charge >= 0.3 is 0 Å². The lowest BCUT2D eigenvalue weighted by Crippen LogP contribution is -2.53. The van der Waals surface area contributed by atoms with E-state index in [0.717, 1.165) is 35.6 Å². The van der Waals surface area contributed by atoms with Gasteiger partial charge in [0.25, 0.3) is 10.0 Å². The van der Waals surface area contributed by atoms with Crippen LogP contribution in [0.5, 0.6) is 5.75 Å². The van der Waals surface area contributed by atoms with Gasteiger partial charge in [-0.15, -0.1) is 0 Å². The molecule has 0 aliphatic heterocycles. The molecule has 0 radical (unpaired) electrons. The van der Waals surface area contributed by atoms with Crippen LogP contribution in [0.25, 0.3) is 0 Å². The summed E-state index contributed by atoms with van der Waals surface area (Å²) in [6, 6.07) is 17.8. The average molecular weight is 610 g/mol. The number of nitrogens with zero attached hydrogens (tertiary/aromatic N) is 2. The van der Waals surface area contributed by atoms with Gasteiger partial charge in [-0.05, 0) is 87.2 Å². The smallest absolute Gasteiger partial charge is 0.264 e. The van der Waals surface area contributed by atoms with Crippen LogP contribution >= 0.6 is 0 Å². The molecule has 43 heavy (non-hydrogen) atoms. The summed E-state index contributed by atoms with van der Waals surface area (Å²) >= 11 is 0. The minimum Gasteiger partial charge on any atom is -0.494 e. The topological polar surface area (TPSA) is 96.0 Å². The molecule has 3 aromatic rings. The van der Waals surface area contributed by atoms with Gasteiger partial charge in [0, 0.05) is 12.6 Å². The van der Waals surface area contributed by atoms with Gasteiger partial charge < -0.3 is 15.0 Å². The van der Waals surface area contributed by atoms with E-state index >= 15 is 0 Å². The largest absolute Gasteiger partial charge is 0.494 e. The van der Waals surface area contributed by atoms with Gasteiger partial charge in [-0.3, -0.25) is 13.9 Å². The number of rotatable bonds is 13. The molecule has 0 aromatic heterocycles. The molecular weight excluding hydrogens is 569 g/mol. The van der Waals surface area contributed by atoms with Crippen LogP contribution in [0.3, 0.4) is 0 Å². The van der Waals surface area contributed by atoms with E-state index in [-0.39, 0.29) is 29.1 Å². The fourth-order valence-electron chi connectivity index (χ4n) is 5.32. The second-order valence-corrected chi connectivity index (χ2v) is 12.7. The van der Waals surface area contributed by atoms with Crippen LogP contribution in [-0.2, 0) is 26.2 Å². The Morgan fingerprint density at radius 3 is 2.16 bits per heavy atom. The SMILES string of the molecule is CCOc1ccc(N(CC(=O)N(Cc2ccc(F)cc2)[C@H](CC)C(=O)NC2CCCC2)S(=O)(=O)c2ccc(C)cc2)cc1. The summed E-state index contributed by atoms with van der Waals surface area (Å²) in [5.41, 5.74) is 1.80. The Labute approximate surface area is 253 Å². The molecule has 4 rings (SSSR count). The quantitative estimate of drug-likeness (QED) is 0.273. The Morgan fingerprint density at radius 2 is 1.58 bits per heavy atom. The third-order valence-corrected chi connectivity index (χ3v) is 9.47. The lowest BCUT2D eigenvalue weighted by molar-refractivity contribution is -0.140. The zero-order chi connectivity index (χ0) is 31.0. The second-order valence-electron chi connectivity index (χ2n) is 10.8. The fourth-order valence-corrected chi connectivity index (χ4v) is 6.73. The maximum absolute atomic E-state index is 14.2. The van der Waals surface area contributed by atoms with E-state index in [4.69, 9.17) is 4.74 Å². The number of sulfonamides is 1. The van der Waals surface area contributed by atoms with Gasteiger partial charge in [0.2, 0.25) is 11.8 Å². The number of aryl methyl sites for hydroxylation is 1. The van der Waals surface area contributed by atoms with Crippen LogP contribution in [0.4, 0.5) is 10.1 Å². The zero-order valence-electron chi connectivity index (χ0n) is 25.0. The molecule has 1 N–H and O–H groups in total. The standard InChI is InChI=1S/C33H40FN3O5S/c1-4-31(33(39)35-27-8-6-7-9-27)36(22-25-12-14-26(34)15-13-25)32(38)23-37(28-16-18-29(19-17-28)42-5-2)43(40,41)30-20-10-24(3)11-21-30/h10-21,27,31H,4-9,22-23H2,1-3H3,(H,35,39)/t31-/m1/s1. The predicted molar refractivity (Wildman–Crippen MR) is 165 cm³/mol. The number of carbonyl (C=O) groups is 2. The third kappa shape index (κ3) is 8.13. The highest BCUT2D eigenvalue weighted by Crippen LogP contribution is 2.27. The van der Waals surface area contributed by atoms with Crippen molar-refractivity contribution < 1.29 is 27.1 Å². The Morgan fingerprint density at radius 1 is 0.953 bits per heavy atom. The number of nitrogens with one attached hydrogen (secondary N) is 1. The Hall–Kier alpha value is -3.92. The van der Waals surface area contributed by atoms with Crippen molar-refractivity contribution in [2.45, 2.75) is 76.4 Å². The highest BCUT2D eigenvalue weighted by molar-refractivity contribution is 7.92. The number of benzene rings is 3. The Bertz CT molecular complexity index is 1470. The van der Waals surface area contributed by atoms with E-state index in [0.29, 0.717) is 24.3 Å². The van der Waals surface area contributed by atoms with E-state index in [9.17, 15) is 22.4 Å². The second kappa shape index (κ2) is 14.5. The summed E-state index contributed by atoms with van der Waals surface area (Å²) in [6.45, 7) is 5.44. The van der Waals surface area contributed by atoms with Crippen LogP contribution in [0.15, 0.2) is 77.7 Å². The maximum atomic E-state index is 14.2. The van der Waals surface area contributed by atoms with E-state index < -0.39 is 34.3 Å². The molecule has 1 aliphatic rings. The number of carbonyl (C=O) groups excluding carboxylic acids is 2. The van der Waals surface area contributed by atoms with Gasteiger partial charge in [-0.25, -0.2) is 12.8 Å². The molecule has 1 saturated carbocycles. The fraction of sp³-hybridized carbons (Fsp3) is 0.394. The minimum atomic E-state index is -4.18. The van der Waals surface area contributed by atoms with Gasteiger partial charge in [0.05, 0.1) is 17.2 Å². The molecule has 1 aliphatic carbocycles. The molecule has 0 heterocycles. The Kier molecular flexibility index (Phi) is 10.8. The number of amides is 2. The van der Waals surface area contributed by atoms with E-state index in [2.05, 4.69) is 5.32 Å². The molecule has 3 aromatic carbocycles. The highest BCUT2D eigenvalue weighted by atomic mass is 32.2. The summed E-state index contributed by atoms with van der Waals surface area (Å²) in [4.78, 5) is 29.1. The molecule has 1 fully saturated rings. The average Bonchev–Trinajstić information content (AvgIpc) is 3.50. The number of hydrogen-bond acceptors (Lipinski definition) is 5.